The van der Waals surface area contributed by atoms with E-state index < -0.39 is 11.9 Å². The number of rotatable bonds is 2. The number of piperazine rings is 1. The van der Waals surface area contributed by atoms with Crippen molar-refractivity contribution in [3.05, 3.63) is 28.0 Å². The van der Waals surface area contributed by atoms with Gasteiger partial charge in [0, 0.05) is 12.2 Å². The number of carbonyl (C=O) groups excluding carboxylic acids is 2. The van der Waals surface area contributed by atoms with E-state index >= 15 is 0 Å². The Morgan fingerprint density at radius 2 is 2.00 bits per heavy atom. The minimum Gasteiger partial charge on any atom is -0.353 e. The molecule has 1 aromatic rings. The Hall–Kier alpha value is -1.37. The number of benzene rings is 1. The van der Waals surface area contributed by atoms with Crippen molar-refractivity contribution in [1.29, 1.82) is 0 Å². The van der Waals surface area contributed by atoms with Gasteiger partial charge in [0.05, 0.1) is 16.6 Å². The lowest BCUT2D eigenvalue weighted by Gasteiger charge is -2.23. The molecule has 1 saturated heterocycles. The molecule has 0 spiro atoms. The zero-order valence-corrected chi connectivity index (χ0v) is 11.1. The molecule has 1 aliphatic rings. The molecule has 2 amide bonds. The molecule has 1 unspecified atom stereocenters. The first kappa shape index (κ1) is 14.0. The molecule has 0 aliphatic carbocycles. The molecule has 3 N–H and O–H groups in total. The first-order valence-electron chi connectivity index (χ1n) is 5.43. The van der Waals surface area contributed by atoms with E-state index in [0.717, 1.165) is 0 Å². The van der Waals surface area contributed by atoms with Crippen LogP contribution in [0.3, 0.4) is 0 Å². The normalized spacial score (nSPS) is 18.9. The summed E-state index contributed by atoms with van der Waals surface area (Å²) in [5.74, 6) is -1.26. The second-order valence-electron chi connectivity index (χ2n) is 3.98. The van der Waals surface area contributed by atoms with E-state index in [9.17, 15) is 14.0 Å². The largest absolute Gasteiger partial charge is 0.353 e. The molecule has 102 valence electrons. The Kier molecular flexibility index (Phi) is 4.24. The van der Waals surface area contributed by atoms with Crippen molar-refractivity contribution >= 4 is 40.7 Å². The molecule has 8 heteroatoms. The van der Waals surface area contributed by atoms with Crippen LogP contribution in [0.1, 0.15) is 0 Å². The van der Waals surface area contributed by atoms with Gasteiger partial charge in [-0.1, -0.05) is 23.2 Å². The van der Waals surface area contributed by atoms with Crippen molar-refractivity contribution in [3.8, 4) is 0 Å². The molecule has 1 heterocycles. The predicted molar refractivity (Wildman–Crippen MR) is 69.9 cm³/mol. The van der Waals surface area contributed by atoms with E-state index in [1.54, 1.807) is 0 Å². The number of hydrogen-bond acceptors (Lipinski definition) is 3. The molecule has 0 bridgehead atoms. The van der Waals surface area contributed by atoms with E-state index in [-0.39, 0.29) is 34.9 Å². The summed E-state index contributed by atoms with van der Waals surface area (Å²) in [6, 6.07) is 1.98. The van der Waals surface area contributed by atoms with E-state index in [1.807, 2.05) is 0 Å². The van der Waals surface area contributed by atoms with Crippen molar-refractivity contribution in [2.75, 3.05) is 18.4 Å². The van der Waals surface area contributed by atoms with E-state index in [2.05, 4.69) is 16.0 Å². The smallest absolute Gasteiger partial charge is 0.243 e. The maximum absolute atomic E-state index is 13.2. The lowest BCUT2D eigenvalue weighted by atomic mass is 10.2. The third-order valence-electron chi connectivity index (χ3n) is 2.58. The van der Waals surface area contributed by atoms with Gasteiger partial charge in [0.2, 0.25) is 11.8 Å². The third kappa shape index (κ3) is 3.34. The lowest BCUT2D eigenvalue weighted by molar-refractivity contribution is -0.124. The molecular weight excluding hydrogens is 296 g/mol. The summed E-state index contributed by atoms with van der Waals surface area (Å²) >= 11 is 11.2. The van der Waals surface area contributed by atoms with Crippen LogP contribution < -0.4 is 16.0 Å². The Morgan fingerprint density at radius 1 is 1.37 bits per heavy atom. The van der Waals surface area contributed by atoms with Crippen LogP contribution in [0, 0.1) is 5.82 Å². The Labute approximate surface area is 118 Å². The van der Waals surface area contributed by atoms with E-state index in [0.29, 0.717) is 5.69 Å². The quantitative estimate of drug-likeness (QED) is 0.718. The fourth-order valence-corrected chi connectivity index (χ4v) is 2.10. The van der Waals surface area contributed by atoms with Crippen LogP contribution >= 0.6 is 23.2 Å². The highest BCUT2D eigenvalue weighted by molar-refractivity contribution is 6.35. The highest BCUT2D eigenvalue weighted by Crippen LogP contribution is 2.27. The molecule has 1 atom stereocenters. The first-order valence-corrected chi connectivity index (χ1v) is 6.18. The third-order valence-corrected chi connectivity index (χ3v) is 3.13. The van der Waals surface area contributed by atoms with Crippen molar-refractivity contribution in [2.45, 2.75) is 6.04 Å². The molecule has 0 radical (unpaired) electrons. The second-order valence-corrected chi connectivity index (χ2v) is 4.80. The zero-order chi connectivity index (χ0) is 14.0. The van der Waals surface area contributed by atoms with Crippen LogP contribution in [0.25, 0.3) is 0 Å². The topological polar surface area (TPSA) is 70.2 Å². The molecule has 1 fully saturated rings. The van der Waals surface area contributed by atoms with Crippen LogP contribution in [0.2, 0.25) is 10.0 Å². The van der Waals surface area contributed by atoms with Crippen LogP contribution in [0.4, 0.5) is 10.1 Å². The maximum atomic E-state index is 13.2. The van der Waals surface area contributed by atoms with Crippen molar-refractivity contribution in [2.24, 2.45) is 0 Å². The van der Waals surface area contributed by atoms with Crippen LogP contribution in [-0.4, -0.2) is 30.9 Å². The summed E-state index contributed by atoms with van der Waals surface area (Å²) in [6.45, 7) is 0.260. The fourth-order valence-electron chi connectivity index (χ4n) is 1.61. The zero-order valence-electron chi connectivity index (χ0n) is 9.60. The van der Waals surface area contributed by atoms with Gasteiger partial charge in [0.15, 0.2) is 5.82 Å². The number of hydrogen-bond donors (Lipinski definition) is 3. The van der Waals surface area contributed by atoms with Gasteiger partial charge < -0.3 is 10.6 Å². The highest BCUT2D eigenvalue weighted by atomic mass is 35.5. The average molecular weight is 306 g/mol. The molecule has 1 aromatic carbocycles. The Bertz CT molecular complexity index is 506. The van der Waals surface area contributed by atoms with Crippen molar-refractivity contribution < 1.29 is 14.0 Å². The highest BCUT2D eigenvalue weighted by Gasteiger charge is 2.24. The SMILES string of the molecule is O=C1CNC(C(=O)Nc2cc(Cl)c(F)c(Cl)c2)CN1. The number of halogens is 3. The Balaban J connectivity index is 2.05. The van der Waals surface area contributed by atoms with Crippen molar-refractivity contribution in [1.82, 2.24) is 10.6 Å². The van der Waals surface area contributed by atoms with Crippen LogP contribution in [0.5, 0.6) is 0 Å². The molecule has 2 rings (SSSR count). The molecule has 0 aromatic heterocycles. The monoisotopic (exact) mass is 305 g/mol. The van der Waals surface area contributed by atoms with Gasteiger partial charge in [-0.2, -0.15) is 0 Å². The summed E-state index contributed by atoms with van der Waals surface area (Å²) in [6.07, 6.45) is 0. The minimum atomic E-state index is -0.732. The van der Waals surface area contributed by atoms with Gasteiger partial charge in [-0.15, -0.1) is 0 Å². The maximum Gasteiger partial charge on any atom is 0.243 e. The standard InChI is InChI=1S/C11H10Cl2FN3O2/c12-6-1-5(2-7(13)10(6)14)17-11(19)8-3-16-9(18)4-15-8/h1-2,8,15H,3-4H2,(H,16,18)(H,17,19). The van der Waals surface area contributed by atoms with Gasteiger partial charge in [-0.25, -0.2) is 4.39 Å². The van der Waals surface area contributed by atoms with Gasteiger partial charge in [0.1, 0.15) is 6.04 Å². The Morgan fingerprint density at radius 3 is 2.53 bits per heavy atom. The molecule has 1 aliphatic heterocycles. The van der Waals surface area contributed by atoms with E-state index in [1.165, 1.54) is 12.1 Å². The molecule has 5 nitrogen and oxygen atoms in total. The van der Waals surface area contributed by atoms with Gasteiger partial charge in [-0.05, 0) is 12.1 Å². The number of nitrogens with one attached hydrogen (secondary N) is 3. The van der Waals surface area contributed by atoms with Gasteiger partial charge in [-0.3, -0.25) is 14.9 Å². The second kappa shape index (κ2) is 5.73. The summed E-state index contributed by atoms with van der Waals surface area (Å²) in [5.41, 5.74) is 0.292. The minimum absolute atomic E-state index is 0.0724. The molecule has 19 heavy (non-hydrogen) atoms. The fraction of sp³-hybridized carbons (Fsp3) is 0.273. The number of amides is 2. The summed E-state index contributed by atoms with van der Waals surface area (Å²) < 4.78 is 13.2. The average Bonchev–Trinajstić information content (AvgIpc) is 2.36. The van der Waals surface area contributed by atoms with Crippen LogP contribution in [0.15, 0.2) is 12.1 Å². The first-order chi connectivity index (χ1) is 8.97. The molecular formula is C11H10Cl2FN3O2. The summed E-state index contributed by atoms with van der Waals surface area (Å²) in [4.78, 5) is 22.8. The lowest BCUT2D eigenvalue weighted by Crippen LogP contribution is -2.56. The van der Waals surface area contributed by atoms with Crippen LogP contribution in [-0.2, 0) is 9.59 Å². The number of anilines is 1. The van der Waals surface area contributed by atoms with Gasteiger partial charge >= 0.3 is 0 Å². The van der Waals surface area contributed by atoms with Crippen molar-refractivity contribution in [3.63, 3.8) is 0 Å². The van der Waals surface area contributed by atoms with Gasteiger partial charge in [0.25, 0.3) is 0 Å². The molecule has 0 saturated carbocycles. The summed E-state index contributed by atoms with van der Waals surface area (Å²) in [7, 11) is 0. The summed E-state index contributed by atoms with van der Waals surface area (Å²) in [5, 5.41) is 7.52. The predicted octanol–water partition coefficient (Wildman–Crippen LogP) is 1.16. The van der Waals surface area contributed by atoms with E-state index in [4.69, 9.17) is 23.2 Å². The number of carbonyl (C=O) groups is 2.